The third-order valence-electron chi connectivity index (χ3n) is 4.22. The van der Waals surface area contributed by atoms with Crippen molar-refractivity contribution in [2.24, 2.45) is 5.92 Å². The number of nitrogens with zero attached hydrogens (tertiary/aromatic N) is 4. The van der Waals surface area contributed by atoms with Crippen LogP contribution in [-0.4, -0.2) is 53.5 Å². The number of aromatic nitrogens is 4. The fourth-order valence-corrected chi connectivity index (χ4v) is 2.99. The third-order valence-corrected chi connectivity index (χ3v) is 4.49. The SMILES string of the molecule is Fc1c(Cl)cc2c(c1-c1nn[nH]n1)N(CCOCC1CC1)CCO2. The zero-order chi connectivity index (χ0) is 16.5. The molecule has 1 aliphatic carbocycles. The lowest BCUT2D eigenvalue weighted by atomic mass is 10.1. The largest absolute Gasteiger partial charge is 0.489 e. The van der Waals surface area contributed by atoms with Gasteiger partial charge in [-0.15, -0.1) is 10.2 Å². The minimum absolute atomic E-state index is 0.0274. The van der Waals surface area contributed by atoms with Crippen LogP contribution in [0.15, 0.2) is 6.07 Å². The molecule has 1 aromatic carbocycles. The van der Waals surface area contributed by atoms with Gasteiger partial charge in [-0.05, 0) is 24.0 Å². The predicted molar refractivity (Wildman–Crippen MR) is 85.8 cm³/mol. The Morgan fingerprint density at radius 3 is 3.08 bits per heavy atom. The van der Waals surface area contributed by atoms with E-state index >= 15 is 0 Å². The molecule has 24 heavy (non-hydrogen) atoms. The van der Waals surface area contributed by atoms with Crippen LogP contribution in [-0.2, 0) is 4.74 Å². The van der Waals surface area contributed by atoms with Gasteiger partial charge in [-0.1, -0.05) is 11.6 Å². The Bertz CT molecular complexity index is 723. The maximum Gasteiger partial charge on any atom is 0.209 e. The fourth-order valence-electron chi connectivity index (χ4n) is 2.80. The van der Waals surface area contributed by atoms with Crippen LogP contribution in [0.4, 0.5) is 10.1 Å². The summed E-state index contributed by atoms with van der Waals surface area (Å²) < 4.78 is 26.0. The van der Waals surface area contributed by atoms with Gasteiger partial charge >= 0.3 is 0 Å². The summed E-state index contributed by atoms with van der Waals surface area (Å²) in [6.45, 7) is 3.14. The Morgan fingerprint density at radius 2 is 2.33 bits per heavy atom. The highest BCUT2D eigenvalue weighted by atomic mass is 35.5. The van der Waals surface area contributed by atoms with E-state index in [-0.39, 0.29) is 16.4 Å². The first-order chi connectivity index (χ1) is 11.7. The van der Waals surface area contributed by atoms with Crippen molar-refractivity contribution in [1.82, 2.24) is 20.6 Å². The zero-order valence-corrected chi connectivity index (χ0v) is 13.7. The lowest BCUT2D eigenvalue weighted by Gasteiger charge is -2.33. The van der Waals surface area contributed by atoms with E-state index in [1.165, 1.54) is 18.9 Å². The van der Waals surface area contributed by atoms with Crippen LogP contribution < -0.4 is 9.64 Å². The number of ether oxygens (including phenoxy) is 2. The molecule has 2 heterocycles. The molecule has 0 bridgehead atoms. The summed E-state index contributed by atoms with van der Waals surface area (Å²) in [6.07, 6.45) is 2.51. The van der Waals surface area contributed by atoms with E-state index in [9.17, 15) is 4.39 Å². The second-order valence-electron chi connectivity index (χ2n) is 5.98. The molecule has 0 amide bonds. The Kier molecular flexibility index (Phi) is 4.24. The number of tetrazole rings is 1. The van der Waals surface area contributed by atoms with Crippen LogP contribution in [0.25, 0.3) is 11.4 Å². The van der Waals surface area contributed by atoms with Gasteiger partial charge in [0.25, 0.3) is 0 Å². The number of anilines is 1. The Hall–Kier alpha value is -1.93. The summed E-state index contributed by atoms with van der Waals surface area (Å²) in [7, 11) is 0. The van der Waals surface area contributed by atoms with Crippen molar-refractivity contribution in [1.29, 1.82) is 0 Å². The second-order valence-corrected chi connectivity index (χ2v) is 6.39. The van der Waals surface area contributed by atoms with Gasteiger partial charge in [-0.2, -0.15) is 5.21 Å². The van der Waals surface area contributed by atoms with E-state index < -0.39 is 5.82 Å². The number of H-pyrrole nitrogens is 1. The number of aromatic amines is 1. The summed E-state index contributed by atoms with van der Waals surface area (Å²) in [6, 6.07) is 1.49. The van der Waals surface area contributed by atoms with Crippen LogP contribution >= 0.6 is 11.6 Å². The maximum absolute atomic E-state index is 14.7. The van der Waals surface area contributed by atoms with E-state index in [1.54, 1.807) is 0 Å². The molecule has 7 nitrogen and oxygen atoms in total. The molecule has 1 aromatic heterocycles. The quantitative estimate of drug-likeness (QED) is 0.803. The monoisotopic (exact) mass is 353 g/mol. The molecule has 0 atom stereocenters. The van der Waals surface area contributed by atoms with Crippen LogP contribution in [0.3, 0.4) is 0 Å². The number of benzene rings is 1. The molecule has 1 N–H and O–H groups in total. The summed E-state index contributed by atoms with van der Waals surface area (Å²) in [5.74, 6) is 0.814. The molecule has 0 radical (unpaired) electrons. The van der Waals surface area contributed by atoms with Crippen molar-refractivity contribution in [2.75, 3.05) is 37.8 Å². The van der Waals surface area contributed by atoms with Gasteiger partial charge < -0.3 is 14.4 Å². The van der Waals surface area contributed by atoms with Crippen molar-refractivity contribution in [3.63, 3.8) is 0 Å². The normalized spacial score (nSPS) is 16.8. The molecule has 0 unspecified atom stereocenters. The van der Waals surface area contributed by atoms with E-state index in [4.69, 9.17) is 21.1 Å². The van der Waals surface area contributed by atoms with Crippen molar-refractivity contribution in [3.05, 3.63) is 16.9 Å². The van der Waals surface area contributed by atoms with Gasteiger partial charge in [-0.3, -0.25) is 0 Å². The molecule has 1 saturated carbocycles. The van der Waals surface area contributed by atoms with Crippen LogP contribution in [0.2, 0.25) is 5.02 Å². The molecule has 1 aliphatic heterocycles. The Morgan fingerprint density at radius 1 is 1.46 bits per heavy atom. The Balaban J connectivity index is 1.63. The van der Waals surface area contributed by atoms with Crippen LogP contribution in [0, 0.1) is 11.7 Å². The first-order valence-electron chi connectivity index (χ1n) is 7.95. The fraction of sp³-hybridized carbons (Fsp3) is 0.533. The van der Waals surface area contributed by atoms with Crippen molar-refractivity contribution in [3.8, 4) is 17.1 Å². The molecule has 4 rings (SSSR count). The lowest BCUT2D eigenvalue weighted by Crippen LogP contribution is -2.36. The Labute approximate surface area is 143 Å². The predicted octanol–water partition coefficient (Wildman–Crippen LogP) is 2.28. The van der Waals surface area contributed by atoms with E-state index in [0.29, 0.717) is 43.7 Å². The summed E-state index contributed by atoms with van der Waals surface area (Å²) in [4.78, 5) is 2.02. The number of hydrogen-bond acceptors (Lipinski definition) is 6. The van der Waals surface area contributed by atoms with Crippen LogP contribution in [0.5, 0.6) is 5.75 Å². The van der Waals surface area contributed by atoms with Gasteiger partial charge in [0.15, 0.2) is 5.82 Å². The molecule has 2 aliphatic rings. The number of hydrogen-bond donors (Lipinski definition) is 1. The van der Waals surface area contributed by atoms with Gasteiger partial charge in [-0.25, -0.2) is 4.39 Å². The highest BCUT2D eigenvalue weighted by Crippen LogP contribution is 2.44. The first-order valence-corrected chi connectivity index (χ1v) is 8.33. The first kappa shape index (κ1) is 15.6. The molecule has 128 valence electrons. The smallest absolute Gasteiger partial charge is 0.209 e. The van der Waals surface area contributed by atoms with Crippen molar-refractivity contribution in [2.45, 2.75) is 12.8 Å². The standard InChI is InChI=1S/C15H17ClFN5O2/c16-10-7-11-14(12(13(10)17)15-18-20-21-19-15)22(4-6-24-11)3-5-23-8-9-1-2-9/h7,9H,1-6,8H2,(H,18,19,20,21). The van der Waals surface area contributed by atoms with Crippen molar-refractivity contribution >= 4 is 17.3 Å². The molecule has 0 saturated heterocycles. The minimum atomic E-state index is -0.578. The van der Waals surface area contributed by atoms with Gasteiger partial charge in [0.1, 0.15) is 12.4 Å². The van der Waals surface area contributed by atoms with E-state index in [1.807, 2.05) is 4.90 Å². The molecule has 0 spiro atoms. The molecular weight excluding hydrogens is 337 g/mol. The minimum Gasteiger partial charge on any atom is -0.489 e. The zero-order valence-electron chi connectivity index (χ0n) is 13.0. The third kappa shape index (κ3) is 3.03. The number of nitrogens with one attached hydrogen (secondary N) is 1. The van der Waals surface area contributed by atoms with Gasteiger partial charge in [0.05, 0.1) is 29.4 Å². The molecule has 2 aromatic rings. The summed E-state index contributed by atoms with van der Waals surface area (Å²) in [5, 5.41) is 13.6. The summed E-state index contributed by atoms with van der Waals surface area (Å²) in [5.41, 5.74) is 0.799. The number of rotatable bonds is 6. The average molecular weight is 354 g/mol. The van der Waals surface area contributed by atoms with Gasteiger partial charge in [0.2, 0.25) is 5.82 Å². The molecular formula is C15H17ClFN5O2. The second kappa shape index (κ2) is 6.52. The lowest BCUT2D eigenvalue weighted by molar-refractivity contribution is 0.129. The summed E-state index contributed by atoms with van der Waals surface area (Å²) >= 11 is 6.00. The number of halogens is 2. The van der Waals surface area contributed by atoms with Crippen molar-refractivity contribution < 1.29 is 13.9 Å². The number of fused-ring (bicyclic) bond motifs is 1. The average Bonchev–Trinajstić information content (AvgIpc) is 3.25. The molecule has 9 heteroatoms. The van der Waals surface area contributed by atoms with E-state index in [0.717, 1.165) is 6.61 Å². The van der Waals surface area contributed by atoms with Crippen LogP contribution in [0.1, 0.15) is 12.8 Å². The maximum atomic E-state index is 14.7. The highest BCUT2D eigenvalue weighted by Gasteiger charge is 2.29. The molecule has 1 fully saturated rings. The topological polar surface area (TPSA) is 76.2 Å². The van der Waals surface area contributed by atoms with E-state index in [2.05, 4.69) is 20.6 Å². The highest BCUT2D eigenvalue weighted by molar-refractivity contribution is 6.31. The van der Waals surface area contributed by atoms with Gasteiger partial charge in [0, 0.05) is 19.2 Å².